The standard InChI is InChI=1S/C12H17N5O/c1-6-8(3)17-5-10(16-12(17)15-6)9-4-13-11(18)7(2)14-9/h5,7,9,14H,4H2,1-3H3,(H,13,18)(H,15,16). The van der Waals surface area contributed by atoms with E-state index in [1.807, 2.05) is 31.4 Å². The quantitative estimate of drug-likeness (QED) is 0.684. The summed E-state index contributed by atoms with van der Waals surface area (Å²) in [7, 11) is 0. The van der Waals surface area contributed by atoms with Crippen molar-refractivity contribution in [2.24, 2.45) is 0 Å². The molecule has 0 saturated carbocycles. The van der Waals surface area contributed by atoms with Gasteiger partial charge in [-0.05, 0) is 20.8 Å². The van der Waals surface area contributed by atoms with Crippen molar-refractivity contribution in [1.82, 2.24) is 25.0 Å². The van der Waals surface area contributed by atoms with Crippen LogP contribution in [0.2, 0.25) is 0 Å². The number of aromatic nitrogens is 3. The Hall–Kier alpha value is -1.82. The Kier molecular flexibility index (Phi) is 2.41. The summed E-state index contributed by atoms with van der Waals surface area (Å²) in [5.41, 5.74) is 3.22. The van der Waals surface area contributed by atoms with E-state index < -0.39 is 0 Å². The number of H-pyrrole nitrogens is 1. The van der Waals surface area contributed by atoms with Crippen molar-refractivity contribution in [3.63, 3.8) is 0 Å². The molecule has 1 saturated heterocycles. The van der Waals surface area contributed by atoms with E-state index >= 15 is 0 Å². The minimum Gasteiger partial charge on any atom is -0.353 e. The highest BCUT2D eigenvalue weighted by Gasteiger charge is 2.26. The molecule has 1 fully saturated rings. The molecule has 1 aliphatic rings. The Morgan fingerprint density at radius 1 is 1.44 bits per heavy atom. The van der Waals surface area contributed by atoms with Gasteiger partial charge < -0.3 is 10.3 Å². The van der Waals surface area contributed by atoms with Crippen LogP contribution < -0.4 is 10.6 Å². The van der Waals surface area contributed by atoms with E-state index in [0.29, 0.717) is 6.54 Å². The number of aromatic amines is 1. The summed E-state index contributed by atoms with van der Waals surface area (Å²) < 4.78 is 2.05. The number of aryl methyl sites for hydroxylation is 2. The maximum atomic E-state index is 11.4. The van der Waals surface area contributed by atoms with Crippen LogP contribution in [-0.4, -0.2) is 32.9 Å². The maximum Gasteiger partial charge on any atom is 0.236 e. The third kappa shape index (κ3) is 1.60. The molecule has 2 aromatic rings. The van der Waals surface area contributed by atoms with Crippen LogP contribution in [0, 0.1) is 13.8 Å². The summed E-state index contributed by atoms with van der Waals surface area (Å²) in [5.74, 6) is 0.904. The fraction of sp³-hybridized carbons (Fsp3) is 0.500. The lowest BCUT2D eigenvalue weighted by Gasteiger charge is -2.27. The minimum absolute atomic E-state index is 0.0506. The molecule has 3 N–H and O–H groups in total. The monoisotopic (exact) mass is 247 g/mol. The van der Waals surface area contributed by atoms with Crippen molar-refractivity contribution in [3.05, 3.63) is 23.3 Å². The van der Waals surface area contributed by atoms with Crippen LogP contribution in [0.25, 0.3) is 5.78 Å². The zero-order valence-corrected chi connectivity index (χ0v) is 10.7. The molecule has 1 aliphatic heterocycles. The van der Waals surface area contributed by atoms with Crippen molar-refractivity contribution in [1.29, 1.82) is 0 Å². The molecule has 1 amide bonds. The number of rotatable bonds is 1. The first-order valence-corrected chi connectivity index (χ1v) is 6.14. The van der Waals surface area contributed by atoms with E-state index in [2.05, 4.69) is 20.6 Å². The molecule has 3 heterocycles. The third-order valence-corrected chi connectivity index (χ3v) is 3.61. The SMILES string of the molecule is Cc1nc2[nH]c(C3CNC(=O)C(C)N3)cn2c1C. The Balaban J connectivity index is 1.93. The first kappa shape index (κ1) is 11.3. The Morgan fingerprint density at radius 2 is 2.22 bits per heavy atom. The number of carbonyl (C=O) groups excluding carboxylic acids is 1. The smallest absolute Gasteiger partial charge is 0.236 e. The zero-order chi connectivity index (χ0) is 12.9. The van der Waals surface area contributed by atoms with E-state index in [4.69, 9.17) is 0 Å². The zero-order valence-electron chi connectivity index (χ0n) is 10.7. The number of carbonyl (C=O) groups is 1. The highest BCUT2D eigenvalue weighted by molar-refractivity contribution is 5.82. The molecule has 0 bridgehead atoms. The number of nitrogens with one attached hydrogen (secondary N) is 3. The summed E-state index contributed by atoms with van der Waals surface area (Å²) in [6.07, 6.45) is 2.05. The molecule has 0 aliphatic carbocycles. The van der Waals surface area contributed by atoms with Crippen molar-refractivity contribution in [2.45, 2.75) is 32.9 Å². The lowest BCUT2D eigenvalue weighted by molar-refractivity contribution is -0.124. The number of fused-ring (bicyclic) bond motifs is 1. The predicted octanol–water partition coefficient (Wildman–Crippen LogP) is 0.428. The lowest BCUT2D eigenvalue weighted by atomic mass is 10.1. The number of piperazine rings is 1. The average molecular weight is 247 g/mol. The summed E-state index contributed by atoms with van der Waals surface area (Å²) in [6.45, 7) is 6.51. The molecule has 6 heteroatoms. The van der Waals surface area contributed by atoms with Crippen LogP contribution in [0.3, 0.4) is 0 Å². The Bertz CT molecular complexity index is 611. The molecule has 18 heavy (non-hydrogen) atoms. The van der Waals surface area contributed by atoms with Crippen molar-refractivity contribution < 1.29 is 4.79 Å². The molecule has 2 atom stereocenters. The van der Waals surface area contributed by atoms with E-state index in [0.717, 1.165) is 22.9 Å². The summed E-state index contributed by atoms with van der Waals surface area (Å²) in [6, 6.07) is -0.0543. The van der Waals surface area contributed by atoms with Gasteiger partial charge in [-0.3, -0.25) is 14.5 Å². The summed E-state index contributed by atoms with van der Waals surface area (Å²) >= 11 is 0. The van der Waals surface area contributed by atoms with Crippen LogP contribution in [0.5, 0.6) is 0 Å². The number of imidazole rings is 2. The second-order valence-corrected chi connectivity index (χ2v) is 4.87. The Morgan fingerprint density at radius 3 is 2.89 bits per heavy atom. The van der Waals surface area contributed by atoms with Crippen LogP contribution in [-0.2, 0) is 4.79 Å². The van der Waals surface area contributed by atoms with Gasteiger partial charge in [-0.1, -0.05) is 0 Å². The van der Waals surface area contributed by atoms with Gasteiger partial charge in [0.05, 0.1) is 23.5 Å². The molecule has 6 nitrogen and oxygen atoms in total. The first-order chi connectivity index (χ1) is 8.56. The largest absolute Gasteiger partial charge is 0.353 e. The van der Waals surface area contributed by atoms with E-state index in [-0.39, 0.29) is 18.0 Å². The van der Waals surface area contributed by atoms with Crippen molar-refractivity contribution >= 4 is 11.7 Å². The van der Waals surface area contributed by atoms with E-state index in [9.17, 15) is 4.79 Å². The first-order valence-electron chi connectivity index (χ1n) is 6.14. The van der Waals surface area contributed by atoms with Gasteiger partial charge in [-0.25, -0.2) is 4.98 Å². The van der Waals surface area contributed by atoms with Gasteiger partial charge in [0.15, 0.2) is 0 Å². The topological polar surface area (TPSA) is 74.2 Å². The predicted molar refractivity (Wildman–Crippen MR) is 67.4 cm³/mol. The number of hydrogen-bond acceptors (Lipinski definition) is 3. The summed E-state index contributed by atoms with van der Waals surface area (Å²) in [4.78, 5) is 19.1. The maximum absolute atomic E-state index is 11.4. The average Bonchev–Trinajstić information content (AvgIpc) is 2.85. The fourth-order valence-corrected chi connectivity index (χ4v) is 2.34. The van der Waals surface area contributed by atoms with Gasteiger partial charge in [-0.15, -0.1) is 0 Å². The van der Waals surface area contributed by atoms with Gasteiger partial charge >= 0.3 is 0 Å². The van der Waals surface area contributed by atoms with Gasteiger partial charge in [0.2, 0.25) is 11.7 Å². The second-order valence-electron chi connectivity index (χ2n) is 4.87. The minimum atomic E-state index is -0.165. The van der Waals surface area contributed by atoms with Crippen LogP contribution in [0.15, 0.2) is 6.20 Å². The molecule has 96 valence electrons. The Labute approximate surface area is 105 Å². The molecule has 2 aromatic heterocycles. The molecule has 2 unspecified atom stereocenters. The van der Waals surface area contributed by atoms with Crippen molar-refractivity contribution in [3.8, 4) is 0 Å². The highest BCUT2D eigenvalue weighted by Crippen LogP contribution is 2.18. The molecular formula is C12H17N5O. The number of hydrogen-bond donors (Lipinski definition) is 3. The molecule has 0 radical (unpaired) electrons. The van der Waals surface area contributed by atoms with Crippen LogP contribution >= 0.6 is 0 Å². The molecular weight excluding hydrogens is 230 g/mol. The molecule has 0 spiro atoms. The third-order valence-electron chi connectivity index (χ3n) is 3.61. The van der Waals surface area contributed by atoms with Crippen LogP contribution in [0.4, 0.5) is 0 Å². The number of amides is 1. The van der Waals surface area contributed by atoms with Gasteiger partial charge in [0.1, 0.15) is 0 Å². The number of nitrogens with zero attached hydrogens (tertiary/aromatic N) is 2. The van der Waals surface area contributed by atoms with Gasteiger partial charge in [0, 0.05) is 18.4 Å². The summed E-state index contributed by atoms with van der Waals surface area (Å²) in [5, 5.41) is 6.17. The van der Waals surface area contributed by atoms with Gasteiger partial charge in [0.25, 0.3) is 0 Å². The van der Waals surface area contributed by atoms with Crippen LogP contribution in [0.1, 0.15) is 30.0 Å². The molecule has 3 rings (SSSR count). The molecule has 0 aromatic carbocycles. The highest BCUT2D eigenvalue weighted by atomic mass is 16.2. The van der Waals surface area contributed by atoms with Crippen molar-refractivity contribution in [2.75, 3.05) is 6.54 Å². The normalized spacial score (nSPS) is 24.5. The van der Waals surface area contributed by atoms with E-state index in [1.54, 1.807) is 0 Å². The fourth-order valence-electron chi connectivity index (χ4n) is 2.34. The second kappa shape index (κ2) is 3.84. The van der Waals surface area contributed by atoms with Gasteiger partial charge in [-0.2, -0.15) is 0 Å². The lowest BCUT2D eigenvalue weighted by Crippen LogP contribution is -2.53. The van der Waals surface area contributed by atoms with E-state index in [1.165, 1.54) is 0 Å².